The fourth-order valence-electron chi connectivity index (χ4n) is 1.78. The summed E-state index contributed by atoms with van der Waals surface area (Å²) in [4.78, 5) is 1.44. The molecule has 0 radical (unpaired) electrons. The molecular weight excluding hydrogens is 305 g/mol. The van der Waals surface area contributed by atoms with Gasteiger partial charge in [0.1, 0.15) is 0 Å². The number of hydrogen-bond acceptors (Lipinski definition) is 4. The summed E-state index contributed by atoms with van der Waals surface area (Å²) < 4.78 is 59.5. The zero-order valence-corrected chi connectivity index (χ0v) is 12.8. The standard InChI is InChI=1S/C13H19F3N2O2S/c1-3-18(4-2)10-9-17-11-5-7-12(8-6-11)21(19,20)13(14,15)16/h5-8,17H,3-4,9-10H2,1-2H3. The Morgan fingerprint density at radius 3 is 2.05 bits per heavy atom. The Morgan fingerprint density at radius 1 is 1.10 bits per heavy atom. The van der Waals surface area contributed by atoms with E-state index in [1.54, 1.807) is 0 Å². The van der Waals surface area contributed by atoms with Crippen molar-refractivity contribution in [2.45, 2.75) is 24.3 Å². The average molecular weight is 324 g/mol. The Labute approximate surface area is 122 Å². The van der Waals surface area contributed by atoms with Crippen molar-refractivity contribution in [1.29, 1.82) is 0 Å². The fourth-order valence-corrected chi connectivity index (χ4v) is 2.55. The molecule has 1 aromatic carbocycles. The molecule has 0 unspecified atom stereocenters. The SMILES string of the molecule is CCN(CC)CCNc1ccc(S(=O)(=O)C(F)(F)F)cc1. The van der Waals surface area contributed by atoms with Crippen LogP contribution in [0.15, 0.2) is 29.2 Å². The highest BCUT2D eigenvalue weighted by Gasteiger charge is 2.46. The highest BCUT2D eigenvalue weighted by atomic mass is 32.2. The summed E-state index contributed by atoms with van der Waals surface area (Å²) in [6, 6.07) is 4.59. The molecule has 120 valence electrons. The van der Waals surface area contributed by atoms with Crippen molar-refractivity contribution >= 4 is 15.5 Å². The molecule has 8 heteroatoms. The smallest absolute Gasteiger partial charge is 0.384 e. The van der Waals surface area contributed by atoms with E-state index in [1.165, 1.54) is 12.1 Å². The molecule has 0 spiro atoms. The number of hydrogen-bond donors (Lipinski definition) is 1. The molecule has 0 heterocycles. The molecule has 0 amide bonds. The topological polar surface area (TPSA) is 49.4 Å². The van der Waals surface area contributed by atoms with Gasteiger partial charge in [-0.2, -0.15) is 13.2 Å². The van der Waals surface area contributed by atoms with Crippen LogP contribution in [-0.4, -0.2) is 45.0 Å². The molecule has 1 N–H and O–H groups in total. The van der Waals surface area contributed by atoms with Gasteiger partial charge in [-0.25, -0.2) is 8.42 Å². The lowest BCUT2D eigenvalue weighted by molar-refractivity contribution is -0.0436. The number of halogens is 3. The molecular formula is C13H19F3N2O2S. The number of alkyl halides is 3. The molecule has 0 saturated carbocycles. The number of benzene rings is 1. The van der Waals surface area contributed by atoms with Crippen molar-refractivity contribution in [3.63, 3.8) is 0 Å². The van der Waals surface area contributed by atoms with Gasteiger partial charge in [-0.05, 0) is 37.4 Å². The Balaban J connectivity index is 2.67. The fraction of sp³-hybridized carbons (Fsp3) is 0.538. The summed E-state index contributed by atoms with van der Waals surface area (Å²) in [5.74, 6) is 0. The van der Waals surface area contributed by atoms with E-state index in [-0.39, 0.29) is 0 Å². The van der Waals surface area contributed by atoms with Gasteiger partial charge in [0.25, 0.3) is 9.84 Å². The first-order chi connectivity index (χ1) is 9.72. The van der Waals surface area contributed by atoms with Crippen molar-refractivity contribution in [3.8, 4) is 0 Å². The minimum absolute atomic E-state index is 0.586. The molecule has 0 aliphatic carbocycles. The third-order valence-corrected chi connectivity index (χ3v) is 4.62. The van der Waals surface area contributed by atoms with Crippen LogP contribution in [0.4, 0.5) is 18.9 Å². The van der Waals surface area contributed by atoms with E-state index < -0.39 is 20.2 Å². The van der Waals surface area contributed by atoms with Gasteiger partial charge in [-0.1, -0.05) is 13.8 Å². The van der Waals surface area contributed by atoms with Crippen LogP contribution in [0, 0.1) is 0 Å². The van der Waals surface area contributed by atoms with E-state index in [1.807, 2.05) is 13.8 Å². The molecule has 4 nitrogen and oxygen atoms in total. The zero-order chi connectivity index (χ0) is 16.1. The summed E-state index contributed by atoms with van der Waals surface area (Å²) in [7, 11) is -5.27. The van der Waals surface area contributed by atoms with E-state index in [0.717, 1.165) is 31.8 Å². The summed E-state index contributed by atoms with van der Waals surface area (Å²) in [5.41, 5.74) is -4.69. The number of anilines is 1. The first-order valence-electron chi connectivity index (χ1n) is 6.60. The molecule has 0 fully saturated rings. The number of likely N-dealkylation sites (N-methyl/N-ethyl adjacent to an activating group) is 1. The molecule has 0 aromatic heterocycles. The quantitative estimate of drug-likeness (QED) is 0.838. The van der Waals surface area contributed by atoms with Gasteiger partial charge in [0.2, 0.25) is 0 Å². The average Bonchev–Trinajstić information content (AvgIpc) is 2.43. The molecule has 0 aliphatic heterocycles. The summed E-state index contributed by atoms with van der Waals surface area (Å²) >= 11 is 0. The third-order valence-electron chi connectivity index (χ3n) is 3.12. The van der Waals surface area contributed by atoms with E-state index in [9.17, 15) is 21.6 Å². The van der Waals surface area contributed by atoms with Gasteiger partial charge < -0.3 is 10.2 Å². The molecule has 21 heavy (non-hydrogen) atoms. The molecule has 0 saturated heterocycles. The molecule has 1 rings (SSSR count). The number of rotatable bonds is 7. The minimum atomic E-state index is -5.27. The summed E-state index contributed by atoms with van der Waals surface area (Å²) in [5, 5.41) is 3.04. The van der Waals surface area contributed by atoms with E-state index >= 15 is 0 Å². The second-order valence-corrected chi connectivity index (χ2v) is 6.37. The largest absolute Gasteiger partial charge is 0.501 e. The van der Waals surface area contributed by atoms with Crippen molar-refractivity contribution < 1.29 is 21.6 Å². The molecule has 0 bridgehead atoms. The lowest BCUT2D eigenvalue weighted by atomic mass is 10.3. The van der Waals surface area contributed by atoms with Crippen molar-refractivity contribution in [1.82, 2.24) is 4.90 Å². The van der Waals surface area contributed by atoms with Crippen LogP contribution in [0.3, 0.4) is 0 Å². The van der Waals surface area contributed by atoms with Gasteiger partial charge in [-0.3, -0.25) is 0 Å². The van der Waals surface area contributed by atoms with Crippen molar-refractivity contribution in [3.05, 3.63) is 24.3 Å². The Hall–Kier alpha value is -1.28. The van der Waals surface area contributed by atoms with Crippen LogP contribution in [0.1, 0.15) is 13.8 Å². The van der Waals surface area contributed by atoms with Crippen molar-refractivity contribution in [2.75, 3.05) is 31.5 Å². The second kappa shape index (κ2) is 7.13. The van der Waals surface area contributed by atoms with E-state index in [0.29, 0.717) is 12.2 Å². The lowest BCUT2D eigenvalue weighted by Gasteiger charge is -2.18. The Kier molecular flexibility index (Phi) is 6.03. The van der Waals surface area contributed by atoms with Crippen LogP contribution in [0.25, 0.3) is 0 Å². The maximum Gasteiger partial charge on any atom is 0.501 e. The van der Waals surface area contributed by atoms with Crippen LogP contribution in [0.2, 0.25) is 0 Å². The predicted molar refractivity (Wildman–Crippen MR) is 76.0 cm³/mol. The zero-order valence-electron chi connectivity index (χ0n) is 11.9. The molecule has 1 aromatic rings. The Bertz CT molecular complexity index is 538. The lowest BCUT2D eigenvalue weighted by Crippen LogP contribution is -2.28. The van der Waals surface area contributed by atoms with Crippen LogP contribution < -0.4 is 5.32 Å². The summed E-state index contributed by atoms with van der Waals surface area (Å²) in [6.07, 6.45) is 0. The molecule has 0 aliphatic rings. The predicted octanol–water partition coefficient (Wildman–Crippen LogP) is 2.73. The highest BCUT2D eigenvalue weighted by molar-refractivity contribution is 7.92. The van der Waals surface area contributed by atoms with Crippen LogP contribution in [-0.2, 0) is 9.84 Å². The first kappa shape index (κ1) is 17.8. The van der Waals surface area contributed by atoms with Crippen LogP contribution in [0.5, 0.6) is 0 Å². The number of nitrogens with one attached hydrogen (secondary N) is 1. The van der Waals surface area contributed by atoms with Crippen molar-refractivity contribution in [2.24, 2.45) is 0 Å². The maximum atomic E-state index is 12.4. The highest BCUT2D eigenvalue weighted by Crippen LogP contribution is 2.30. The maximum absolute atomic E-state index is 12.4. The monoisotopic (exact) mass is 324 g/mol. The van der Waals surface area contributed by atoms with E-state index in [4.69, 9.17) is 0 Å². The van der Waals surface area contributed by atoms with Gasteiger partial charge in [0.15, 0.2) is 0 Å². The first-order valence-corrected chi connectivity index (χ1v) is 8.08. The Morgan fingerprint density at radius 2 is 1.62 bits per heavy atom. The van der Waals surface area contributed by atoms with Gasteiger partial charge >= 0.3 is 5.51 Å². The van der Waals surface area contributed by atoms with Gasteiger partial charge in [0.05, 0.1) is 4.90 Å². The second-order valence-electron chi connectivity index (χ2n) is 4.43. The summed E-state index contributed by atoms with van der Waals surface area (Å²) in [6.45, 7) is 7.35. The van der Waals surface area contributed by atoms with Gasteiger partial charge in [0, 0.05) is 18.8 Å². The van der Waals surface area contributed by atoms with E-state index in [2.05, 4.69) is 10.2 Å². The third kappa shape index (κ3) is 4.60. The molecule has 0 atom stereocenters. The minimum Gasteiger partial charge on any atom is -0.384 e. The van der Waals surface area contributed by atoms with Gasteiger partial charge in [-0.15, -0.1) is 0 Å². The normalized spacial score (nSPS) is 12.7. The number of nitrogens with zero attached hydrogens (tertiary/aromatic N) is 1. The van der Waals surface area contributed by atoms with Crippen LogP contribution >= 0.6 is 0 Å². The number of sulfone groups is 1.